The van der Waals surface area contributed by atoms with Crippen molar-refractivity contribution in [3.05, 3.63) is 52.8 Å². The number of anilines is 5. The lowest BCUT2D eigenvalue weighted by Gasteiger charge is -2.42. The highest BCUT2D eigenvalue weighted by molar-refractivity contribution is 9.10. The van der Waals surface area contributed by atoms with E-state index in [1.54, 1.807) is 32.8 Å². The molecular weight excluding hydrogens is 778 g/mol. The van der Waals surface area contributed by atoms with Gasteiger partial charge in [-0.05, 0) is 85.4 Å². The summed E-state index contributed by atoms with van der Waals surface area (Å²) in [5.74, 6) is -0.349. The van der Waals surface area contributed by atoms with Crippen molar-refractivity contribution in [2.24, 2.45) is 0 Å². The first-order valence-electron chi connectivity index (χ1n) is 17.1. The number of carboxylic acid groups (broad SMARTS) is 1. The standard InChI is InChI=1S/C33H43BrN9O2P.C2HF3O2/c1-6-22-20-28(32(45-3)40-31(22)43-14-11-23(12-15-43)42-18-16-41(2)17-19-42)38-33-36-21-25(34)30(39-33)37-27-10-9-26-24(8-7-13-35-26)29(27)46(4,5)44;3-2(4,5)1(6)7/h7-10,13,20-21,23H,6,11-12,14-19H2,1-5H3,(H2,36,37,38,39);(H,6,7). The number of hydrogen-bond donors (Lipinski definition) is 3. The van der Waals surface area contributed by atoms with Crippen molar-refractivity contribution < 1.29 is 32.4 Å². The maximum Gasteiger partial charge on any atom is 0.490 e. The van der Waals surface area contributed by atoms with Crippen molar-refractivity contribution in [3.63, 3.8) is 0 Å². The zero-order valence-corrected chi connectivity index (χ0v) is 32.7. The SMILES string of the molecule is CCc1cc(Nc2ncc(Br)c(Nc3ccc4ncccc4c3P(C)(C)=O)n2)c(OC)nc1N1CCC(N2CCN(C)CC2)CC1.O=C(O)C(F)(F)F. The lowest BCUT2D eigenvalue weighted by atomic mass is 10.0. The number of hydrogen-bond acceptors (Lipinski definition) is 12. The fourth-order valence-electron chi connectivity index (χ4n) is 6.52. The lowest BCUT2D eigenvalue weighted by Crippen LogP contribution is -2.52. The Kier molecular flexibility index (Phi) is 12.8. The van der Waals surface area contributed by atoms with Crippen LogP contribution in [0.1, 0.15) is 25.3 Å². The largest absolute Gasteiger partial charge is 0.490 e. The van der Waals surface area contributed by atoms with Gasteiger partial charge in [0.05, 0.1) is 22.8 Å². The number of likely N-dealkylation sites (N-methyl/N-ethyl adjacent to an activating group) is 1. The van der Waals surface area contributed by atoms with Gasteiger partial charge in [-0.25, -0.2) is 9.78 Å². The lowest BCUT2D eigenvalue weighted by molar-refractivity contribution is -0.192. The average Bonchev–Trinajstić information content (AvgIpc) is 3.12. The van der Waals surface area contributed by atoms with Gasteiger partial charge in [-0.3, -0.25) is 9.88 Å². The highest BCUT2D eigenvalue weighted by Gasteiger charge is 2.38. The number of piperazine rings is 1. The summed E-state index contributed by atoms with van der Waals surface area (Å²) in [4.78, 5) is 35.2. The first-order valence-corrected chi connectivity index (χ1v) is 20.5. The molecule has 0 spiro atoms. The molecule has 2 aliphatic heterocycles. The van der Waals surface area contributed by atoms with Crippen molar-refractivity contribution in [2.45, 2.75) is 38.4 Å². The number of alkyl halides is 3. The van der Waals surface area contributed by atoms with Gasteiger partial charge < -0.3 is 34.8 Å². The molecule has 1 aromatic carbocycles. The number of nitrogens with zero attached hydrogens (tertiary/aromatic N) is 7. The maximum atomic E-state index is 13.5. The third-order valence-corrected chi connectivity index (χ3v) is 11.4. The molecule has 0 radical (unpaired) electrons. The molecular formula is C35H44BrF3N9O4P. The van der Waals surface area contributed by atoms with Gasteiger partial charge in [0.25, 0.3) is 0 Å². The molecule has 0 aliphatic carbocycles. The van der Waals surface area contributed by atoms with Crippen LogP contribution in [0.25, 0.3) is 10.9 Å². The summed E-state index contributed by atoms with van der Waals surface area (Å²) < 4.78 is 51.7. The summed E-state index contributed by atoms with van der Waals surface area (Å²) in [6.45, 7) is 12.3. The summed E-state index contributed by atoms with van der Waals surface area (Å²) in [7, 11) is 1.17. The Labute approximate surface area is 314 Å². The van der Waals surface area contributed by atoms with Gasteiger partial charge in [-0.15, -0.1) is 0 Å². The fraction of sp³-hybridized carbons (Fsp3) is 0.457. The number of carboxylic acids is 1. The van der Waals surface area contributed by atoms with Crippen LogP contribution < -0.4 is 25.6 Å². The van der Waals surface area contributed by atoms with Crippen LogP contribution in [0.4, 0.5) is 42.1 Å². The number of rotatable bonds is 9. The molecule has 0 bridgehead atoms. The van der Waals surface area contributed by atoms with Crippen LogP contribution in [0.5, 0.6) is 5.88 Å². The van der Waals surface area contributed by atoms with Crippen LogP contribution in [-0.2, 0) is 15.8 Å². The molecule has 2 aliphatic rings. The molecule has 13 nitrogen and oxygen atoms in total. The van der Waals surface area contributed by atoms with E-state index in [1.807, 2.05) is 24.3 Å². The van der Waals surface area contributed by atoms with E-state index in [0.717, 1.165) is 86.1 Å². The minimum absolute atomic E-state index is 0.383. The number of methoxy groups -OCH3 is 1. The highest BCUT2D eigenvalue weighted by atomic mass is 79.9. The Morgan fingerprint density at radius 1 is 1.04 bits per heavy atom. The molecule has 286 valence electrons. The minimum atomic E-state index is -5.08. The van der Waals surface area contributed by atoms with E-state index in [-0.39, 0.29) is 0 Å². The topological polar surface area (TPSA) is 149 Å². The smallest absolute Gasteiger partial charge is 0.479 e. The Morgan fingerprint density at radius 2 is 1.72 bits per heavy atom. The molecule has 3 N–H and O–H groups in total. The summed E-state index contributed by atoms with van der Waals surface area (Å²) >= 11 is 3.59. The van der Waals surface area contributed by atoms with E-state index in [4.69, 9.17) is 24.6 Å². The summed E-state index contributed by atoms with van der Waals surface area (Å²) in [5, 5.41) is 15.5. The van der Waals surface area contributed by atoms with Gasteiger partial charge in [-0.2, -0.15) is 23.1 Å². The average molecular weight is 823 g/mol. The fourth-order valence-corrected chi connectivity index (χ4v) is 8.29. The van der Waals surface area contributed by atoms with Crippen molar-refractivity contribution in [3.8, 4) is 5.88 Å². The first kappa shape index (κ1) is 40.1. The maximum absolute atomic E-state index is 13.5. The van der Waals surface area contributed by atoms with Crippen molar-refractivity contribution in [1.29, 1.82) is 0 Å². The number of pyridine rings is 2. The number of fused-ring (bicyclic) bond motifs is 1. The number of aromatic nitrogens is 4. The van der Waals surface area contributed by atoms with Gasteiger partial charge >= 0.3 is 12.1 Å². The second kappa shape index (κ2) is 17.0. The van der Waals surface area contributed by atoms with Crippen LogP contribution in [0.3, 0.4) is 0 Å². The number of nitrogens with one attached hydrogen (secondary N) is 2. The number of aryl methyl sites for hydroxylation is 1. The zero-order valence-electron chi connectivity index (χ0n) is 30.2. The minimum Gasteiger partial charge on any atom is -0.479 e. The molecule has 0 unspecified atom stereocenters. The van der Waals surface area contributed by atoms with Crippen LogP contribution in [0.15, 0.2) is 47.2 Å². The van der Waals surface area contributed by atoms with Crippen molar-refractivity contribution in [2.75, 3.05) is 82.3 Å². The van der Waals surface area contributed by atoms with Crippen LogP contribution in [0, 0.1) is 0 Å². The summed E-state index contributed by atoms with van der Waals surface area (Å²) in [6, 6.07) is 10.4. The number of aliphatic carboxylic acids is 1. The molecule has 2 fully saturated rings. The molecule has 4 aromatic rings. The van der Waals surface area contributed by atoms with E-state index in [2.05, 4.69) is 71.3 Å². The predicted molar refractivity (Wildman–Crippen MR) is 205 cm³/mol. The Morgan fingerprint density at radius 3 is 2.32 bits per heavy atom. The number of piperidine rings is 1. The number of carbonyl (C=O) groups is 1. The second-order valence-electron chi connectivity index (χ2n) is 13.3. The molecule has 2 saturated heterocycles. The predicted octanol–water partition coefficient (Wildman–Crippen LogP) is 6.34. The third kappa shape index (κ3) is 9.93. The Balaban J connectivity index is 0.000000705. The van der Waals surface area contributed by atoms with Gasteiger partial charge in [0, 0.05) is 68.4 Å². The van der Waals surface area contributed by atoms with Crippen LogP contribution >= 0.6 is 23.1 Å². The van der Waals surface area contributed by atoms with Crippen molar-refractivity contribution in [1.82, 2.24) is 29.7 Å². The summed E-state index contributed by atoms with van der Waals surface area (Å²) in [6.07, 6.45) is 1.46. The molecule has 0 amide bonds. The molecule has 18 heteroatoms. The Hall–Kier alpha value is -4.05. The van der Waals surface area contributed by atoms with Crippen LogP contribution in [0.2, 0.25) is 0 Å². The monoisotopic (exact) mass is 821 g/mol. The second-order valence-corrected chi connectivity index (χ2v) is 17.3. The van der Waals surface area contributed by atoms with E-state index in [9.17, 15) is 17.7 Å². The van der Waals surface area contributed by atoms with E-state index in [1.165, 1.54) is 0 Å². The molecule has 53 heavy (non-hydrogen) atoms. The summed E-state index contributed by atoms with van der Waals surface area (Å²) in [5.41, 5.74) is 3.36. The van der Waals surface area contributed by atoms with Gasteiger partial charge in [0.1, 0.15) is 24.5 Å². The first-order chi connectivity index (χ1) is 25.1. The van der Waals surface area contributed by atoms with E-state index >= 15 is 0 Å². The molecule has 0 atom stereocenters. The molecule has 6 rings (SSSR count). The number of benzene rings is 1. The zero-order chi connectivity index (χ0) is 38.5. The van der Waals surface area contributed by atoms with Gasteiger partial charge in [-0.1, -0.05) is 13.0 Å². The number of ether oxygens (including phenoxy) is 1. The van der Waals surface area contributed by atoms with E-state index in [0.29, 0.717) is 39.5 Å². The van der Waals surface area contributed by atoms with Crippen LogP contribution in [-0.4, -0.2) is 120 Å². The highest BCUT2D eigenvalue weighted by Crippen LogP contribution is 2.42. The Bertz CT molecular complexity index is 1970. The van der Waals surface area contributed by atoms with Gasteiger partial charge in [0.2, 0.25) is 11.8 Å². The van der Waals surface area contributed by atoms with E-state index < -0.39 is 19.3 Å². The molecule has 5 heterocycles. The number of halogens is 4. The van der Waals surface area contributed by atoms with Gasteiger partial charge in [0.15, 0.2) is 0 Å². The molecule has 3 aromatic heterocycles. The normalized spacial score (nSPS) is 16.2. The quantitative estimate of drug-likeness (QED) is 0.162. The van der Waals surface area contributed by atoms with Crippen molar-refractivity contribution >= 4 is 74.2 Å². The third-order valence-electron chi connectivity index (χ3n) is 9.22. The molecule has 0 saturated carbocycles.